The van der Waals surface area contributed by atoms with Gasteiger partial charge in [-0.05, 0) is 38.2 Å². The molecule has 1 atom stereocenters. The molecule has 1 N–H and O–H groups in total. The van der Waals surface area contributed by atoms with Gasteiger partial charge in [0.1, 0.15) is 17.3 Å². The number of aromatic nitrogens is 2. The number of imidazole rings is 1. The van der Waals surface area contributed by atoms with Crippen LogP contribution in [0.3, 0.4) is 0 Å². The van der Waals surface area contributed by atoms with E-state index in [0.29, 0.717) is 18.2 Å². The minimum absolute atomic E-state index is 0.0957. The third kappa shape index (κ3) is 4.20. The summed E-state index contributed by atoms with van der Waals surface area (Å²) in [4.78, 5) is 18.8. The van der Waals surface area contributed by atoms with Crippen LogP contribution in [0, 0.1) is 0 Å². The van der Waals surface area contributed by atoms with Crippen molar-refractivity contribution in [3.63, 3.8) is 0 Å². The van der Waals surface area contributed by atoms with Crippen molar-refractivity contribution in [2.75, 3.05) is 34.3 Å². The summed E-state index contributed by atoms with van der Waals surface area (Å²) in [6, 6.07) is 8.23. The maximum absolute atomic E-state index is 12.3. The van der Waals surface area contributed by atoms with Crippen molar-refractivity contribution in [3.8, 4) is 5.75 Å². The molecule has 0 bridgehead atoms. The number of benzene rings is 1. The molecular weight excluding hydrogens is 316 g/mol. The van der Waals surface area contributed by atoms with Gasteiger partial charge >= 0.3 is 0 Å². The van der Waals surface area contributed by atoms with Crippen LogP contribution in [0.4, 0.5) is 0 Å². The van der Waals surface area contributed by atoms with Crippen molar-refractivity contribution in [3.05, 3.63) is 47.5 Å². The molecule has 0 saturated carbocycles. The minimum atomic E-state index is -0.0957. The first-order chi connectivity index (χ1) is 12.1. The summed E-state index contributed by atoms with van der Waals surface area (Å²) >= 11 is 0. The molecule has 25 heavy (non-hydrogen) atoms. The summed E-state index contributed by atoms with van der Waals surface area (Å²) in [5.41, 5.74) is 1.79. The van der Waals surface area contributed by atoms with Crippen LogP contribution in [0.15, 0.2) is 30.5 Å². The standard InChI is InChI=1S/C19H26N4O2/c1-22(2)10-9-20-19(24)17-13-23-12-15(7-8-18(23)21-17)14-5-4-6-16(11-14)25-3/h4-6,11,13,15H,7-10,12H2,1-3H3,(H,20,24). The molecule has 6 nitrogen and oxygen atoms in total. The number of rotatable bonds is 6. The van der Waals surface area contributed by atoms with Crippen LogP contribution < -0.4 is 10.1 Å². The lowest BCUT2D eigenvalue weighted by atomic mass is 9.91. The number of hydrogen-bond donors (Lipinski definition) is 1. The van der Waals surface area contributed by atoms with Crippen LogP contribution in [0.1, 0.15) is 34.2 Å². The van der Waals surface area contributed by atoms with E-state index in [0.717, 1.165) is 37.5 Å². The SMILES string of the molecule is COc1cccc(C2CCc3nc(C(=O)NCCN(C)C)cn3C2)c1. The molecule has 0 spiro atoms. The van der Waals surface area contributed by atoms with Gasteiger partial charge in [-0.25, -0.2) is 4.98 Å². The second-order valence-electron chi connectivity index (χ2n) is 6.77. The molecule has 6 heteroatoms. The number of methoxy groups -OCH3 is 1. The fourth-order valence-electron chi connectivity index (χ4n) is 3.20. The Hall–Kier alpha value is -2.34. The highest BCUT2D eigenvalue weighted by atomic mass is 16.5. The van der Waals surface area contributed by atoms with Crippen molar-refractivity contribution in [2.24, 2.45) is 0 Å². The first-order valence-electron chi connectivity index (χ1n) is 8.69. The van der Waals surface area contributed by atoms with Gasteiger partial charge in [-0.15, -0.1) is 0 Å². The van der Waals surface area contributed by atoms with Crippen LogP contribution in [-0.2, 0) is 13.0 Å². The largest absolute Gasteiger partial charge is 0.497 e. The summed E-state index contributed by atoms with van der Waals surface area (Å²) in [6.07, 6.45) is 3.80. The zero-order valence-corrected chi connectivity index (χ0v) is 15.2. The van der Waals surface area contributed by atoms with E-state index in [2.05, 4.69) is 27.0 Å². The lowest BCUT2D eigenvalue weighted by Gasteiger charge is -2.24. The highest BCUT2D eigenvalue weighted by molar-refractivity contribution is 5.92. The van der Waals surface area contributed by atoms with Crippen molar-refractivity contribution in [2.45, 2.75) is 25.3 Å². The molecule has 0 saturated heterocycles. The minimum Gasteiger partial charge on any atom is -0.497 e. The second-order valence-corrected chi connectivity index (χ2v) is 6.77. The number of hydrogen-bond acceptors (Lipinski definition) is 4. The fraction of sp³-hybridized carbons (Fsp3) is 0.474. The summed E-state index contributed by atoms with van der Waals surface area (Å²) in [7, 11) is 5.66. The molecule has 1 amide bonds. The van der Waals surface area contributed by atoms with Gasteiger partial charge in [-0.1, -0.05) is 12.1 Å². The number of carbonyl (C=O) groups is 1. The van der Waals surface area contributed by atoms with E-state index in [9.17, 15) is 4.79 Å². The molecule has 1 aliphatic heterocycles. The molecule has 0 aliphatic carbocycles. The molecular formula is C19H26N4O2. The molecule has 0 radical (unpaired) electrons. The highest BCUT2D eigenvalue weighted by Crippen LogP contribution is 2.30. The Labute approximate surface area is 148 Å². The molecule has 1 aliphatic rings. The number of aryl methyl sites for hydroxylation is 1. The Balaban J connectivity index is 1.67. The summed E-state index contributed by atoms with van der Waals surface area (Å²) < 4.78 is 7.45. The van der Waals surface area contributed by atoms with Crippen LogP contribution in [0.25, 0.3) is 0 Å². The van der Waals surface area contributed by atoms with Gasteiger partial charge in [0.2, 0.25) is 0 Å². The maximum atomic E-state index is 12.3. The molecule has 0 fully saturated rings. The predicted octanol–water partition coefficient (Wildman–Crippen LogP) is 1.91. The molecule has 134 valence electrons. The van der Waals surface area contributed by atoms with E-state index in [1.807, 2.05) is 37.3 Å². The normalized spacial score (nSPS) is 16.6. The predicted molar refractivity (Wildman–Crippen MR) is 97.2 cm³/mol. The molecule has 1 unspecified atom stereocenters. The molecule has 2 aromatic rings. The van der Waals surface area contributed by atoms with Crippen molar-refractivity contribution in [1.82, 2.24) is 19.8 Å². The van der Waals surface area contributed by atoms with Crippen LogP contribution >= 0.6 is 0 Å². The quantitative estimate of drug-likeness (QED) is 0.871. The summed E-state index contributed by atoms with van der Waals surface area (Å²) in [5.74, 6) is 2.20. The Morgan fingerprint density at radius 2 is 2.28 bits per heavy atom. The molecule has 3 rings (SSSR count). The number of nitrogens with one attached hydrogen (secondary N) is 1. The average Bonchev–Trinajstić information content (AvgIpc) is 3.04. The number of amides is 1. The smallest absolute Gasteiger partial charge is 0.271 e. The van der Waals surface area contributed by atoms with E-state index < -0.39 is 0 Å². The van der Waals surface area contributed by atoms with Gasteiger partial charge in [0.25, 0.3) is 5.91 Å². The van der Waals surface area contributed by atoms with Gasteiger partial charge in [0, 0.05) is 38.2 Å². The van der Waals surface area contributed by atoms with E-state index >= 15 is 0 Å². The van der Waals surface area contributed by atoms with Gasteiger partial charge in [-0.2, -0.15) is 0 Å². The second kappa shape index (κ2) is 7.70. The van der Waals surface area contributed by atoms with Crippen LogP contribution in [0.5, 0.6) is 5.75 Å². The summed E-state index contributed by atoms with van der Waals surface area (Å²) in [6.45, 7) is 2.29. The number of carbonyl (C=O) groups excluding carboxylic acids is 1. The maximum Gasteiger partial charge on any atom is 0.271 e. The summed E-state index contributed by atoms with van der Waals surface area (Å²) in [5, 5.41) is 2.92. The zero-order chi connectivity index (χ0) is 17.8. The van der Waals surface area contributed by atoms with Gasteiger partial charge in [0.05, 0.1) is 7.11 Å². The monoisotopic (exact) mass is 342 g/mol. The first-order valence-corrected chi connectivity index (χ1v) is 8.69. The zero-order valence-electron chi connectivity index (χ0n) is 15.2. The fourth-order valence-corrected chi connectivity index (χ4v) is 3.20. The Morgan fingerprint density at radius 3 is 3.04 bits per heavy atom. The number of fused-ring (bicyclic) bond motifs is 1. The van der Waals surface area contributed by atoms with Crippen LogP contribution in [0.2, 0.25) is 0 Å². The third-order valence-corrected chi connectivity index (χ3v) is 4.64. The molecule has 1 aromatic carbocycles. The van der Waals surface area contributed by atoms with E-state index in [1.165, 1.54) is 5.56 Å². The van der Waals surface area contributed by atoms with Crippen molar-refractivity contribution in [1.29, 1.82) is 0 Å². The molecule has 1 aromatic heterocycles. The molecule has 2 heterocycles. The van der Waals surface area contributed by atoms with E-state index in [-0.39, 0.29) is 5.91 Å². The van der Waals surface area contributed by atoms with Crippen LogP contribution in [-0.4, -0.2) is 54.7 Å². The lowest BCUT2D eigenvalue weighted by molar-refractivity contribution is 0.0946. The average molecular weight is 342 g/mol. The van der Waals surface area contributed by atoms with Gasteiger partial charge in [-0.3, -0.25) is 4.79 Å². The Bertz CT molecular complexity index is 739. The van der Waals surface area contributed by atoms with E-state index in [4.69, 9.17) is 4.74 Å². The van der Waals surface area contributed by atoms with Crippen molar-refractivity contribution >= 4 is 5.91 Å². The van der Waals surface area contributed by atoms with E-state index in [1.54, 1.807) is 7.11 Å². The lowest BCUT2D eigenvalue weighted by Crippen LogP contribution is -2.31. The number of likely N-dealkylation sites (N-methyl/N-ethyl adjacent to an activating group) is 1. The van der Waals surface area contributed by atoms with Gasteiger partial charge < -0.3 is 19.5 Å². The third-order valence-electron chi connectivity index (χ3n) is 4.64. The first kappa shape index (κ1) is 17.5. The van der Waals surface area contributed by atoms with Gasteiger partial charge in [0.15, 0.2) is 0 Å². The highest BCUT2D eigenvalue weighted by Gasteiger charge is 2.23. The topological polar surface area (TPSA) is 59.4 Å². The number of ether oxygens (including phenoxy) is 1. The Kier molecular flexibility index (Phi) is 5.38. The number of nitrogens with zero attached hydrogens (tertiary/aromatic N) is 3. The van der Waals surface area contributed by atoms with Crippen molar-refractivity contribution < 1.29 is 9.53 Å². The Morgan fingerprint density at radius 1 is 1.44 bits per heavy atom.